The van der Waals surface area contributed by atoms with Crippen LogP contribution in [0, 0.1) is 5.92 Å². The Bertz CT molecular complexity index is 1260. The Kier molecular flexibility index (Phi) is 6.47. The fraction of sp³-hybridized carbons (Fsp3) is 0.385. The molecule has 1 saturated carbocycles. The third-order valence-electron chi connectivity index (χ3n) is 7.28. The van der Waals surface area contributed by atoms with Crippen molar-refractivity contribution in [2.45, 2.75) is 44.1 Å². The highest BCUT2D eigenvalue weighted by Gasteiger charge is 2.34. The van der Waals surface area contributed by atoms with Crippen molar-refractivity contribution in [2.75, 3.05) is 13.1 Å². The van der Waals surface area contributed by atoms with Crippen LogP contribution >= 0.6 is 11.6 Å². The third-order valence-corrected chi connectivity index (χ3v) is 7.54. The molecule has 35 heavy (non-hydrogen) atoms. The Labute approximate surface area is 207 Å². The molecule has 2 amide bonds. The van der Waals surface area contributed by atoms with Crippen LogP contribution in [0.25, 0.3) is 5.52 Å². The molecular weight excluding hydrogens is 468 g/mol. The molecule has 1 saturated heterocycles. The summed E-state index contributed by atoms with van der Waals surface area (Å²) in [5.41, 5.74) is 2.88. The van der Waals surface area contributed by atoms with Gasteiger partial charge in [-0.15, -0.1) is 0 Å². The van der Waals surface area contributed by atoms with Crippen LogP contribution in [0.1, 0.15) is 64.3 Å². The zero-order valence-electron chi connectivity index (χ0n) is 19.2. The standard InChI is InChI=1S/C26H27ClN4O4/c27-19-6-4-17(5-7-19)25(33)30-11-8-16(9-12-30)18-10-13-31-23(14-18)21(15-28-31)24(32)29-22-3-1-2-20(22)26(34)35/h4-7,10,13-16,20,22H,1-3,8-9,11-12H2,(H,29,32)(H,34,35)/t20-,22+/m0/s1. The molecular formula is C26H27ClN4O4. The summed E-state index contributed by atoms with van der Waals surface area (Å²) in [6.45, 7) is 1.31. The SMILES string of the molecule is O=C(N[C@@H]1CCC[C@@H]1C(=O)O)c1cnn2ccc(C3CCN(C(=O)c4ccc(Cl)cc4)CC3)cc12. The van der Waals surface area contributed by atoms with E-state index in [9.17, 15) is 19.5 Å². The van der Waals surface area contributed by atoms with Crippen LogP contribution < -0.4 is 5.32 Å². The van der Waals surface area contributed by atoms with Gasteiger partial charge in [0.1, 0.15) is 0 Å². The molecule has 9 heteroatoms. The number of amides is 2. The summed E-state index contributed by atoms with van der Waals surface area (Å²) in [4.78, 5) is 39.2. The highest BCUT2D eigenvalue weighted by molar-refractivity contribution is 6.30. The number of pyridine rings is 1. The quantitative estimate of drug-likeness (QED) is 0.558. The maximum Gasteiger partial charge on any atom is 0.308 e. The van der Waals surface area contributed by atoms with E-state index in [1.165, 1.54) is 6.20 Å². The number of halogens is 1. The molecule has 182 valence electrons. The van der Waals surface area contributed by atoms with Gasteiger partial charge < -0.3 is 15.3 Å². The number of fused-ring (bicyclic) bond motifs is 1. The number of benzene rings is 1. The van der Waals surface area contributed by atoms with Gasteiger partial charge in [-0.1, -0.05) is 18.0 Å². The average molecular weight is 495 g/mol. The number of rotatable bonds is 5. The molecule has 3 aromatic rings. The lowest BCUT2D eigenvalue weighted by atomic mass is 9.89. The number of nitrogens with one attached hydrogen (secondary N) is 1. The summed E-state index contributed by atoms with van der Waals surface area (Å²) < 4.78 is 1.67. The summed E-state index contributed by atoms with van der Waals surface area (Å²) in [6.07, 6.45) is 7.08. The minimum Gasteiger partial charge on any atom is -0.481 e. The summed E-state index contributed by atoms with van der Waals surface area (Å²) in [5, 5.41) is 17.2. The molecule has 3 heterocycles. The van der Waals surface area contributed by atoms with Gasteiger partial charge in [-0.3, -0.25) is 14.4 Å². The number of hydrogen-bond donors (Lipinski definition) is 2. The van der Waals surface area contributed by atoms with E-state index in [2.05, 4.69) is 10.4 Å². The van der Waals surface area contributed by atoms with E-state index in [0.717, 1.165) is 24.8 Å². The first-order valence-corrected chi connectivity index (χ1v) is 12.3. The lowest BCUT2D eigenvalue weighted by molar-refractivity contribution is -0.142. The second-order valence-electron chi connectivity index (χ2n) is 9.38. The van der Waals surface area contributed by atoms with Crippen molar-refractivity contribution in [3.05, 3.63) is 70.5 Å². The van der Waals surface area contributed by atoms with Gasteiger partial charge in [0.15, 0.2) is 0 Å². The zero-order chi connectivity index (χ0) is 24.5. The average Bonchev–Trinajstić information content (AvgIpc) is 3.51. The highest BCUT2D eigenvalue weighted by Crippen LogP contribution is 2.31. The summed E-state index contributed by atoms with van der Waals surface area (Å²) in [6, 6.07) is 10.6. The first-order valence-electron chi connectivity index (χ1n) is 12.0. The Morgan fingerprint density at radius 2 is 1.77 bits per heavy atom. The van der Waals surface area contributed by atoms with Crippen molar-refractivity contribution in [1.29, 1.82) is 0 Å². The molecule has 1 aromatic carbocycles. The highest BCUT2D eigenvalue weighted by atomic mass is 35.5. The van der Waals surface area contributed by atoms with Crippen molar-refractivity contribution >= 4 is 34.9 Å². The van der Waals surface area contributed by atoms with Crippen LogP contribution in [0.5, 0.6) is 0 Å². The summed E-state index contributed by atoms with van der Waals surface area (Å²) >= 11 is 5.93. The van der Waals surface area contributed by atoms with Crippen LogP contribution in [-0.2, 0) is 4.79 Å². The number of carboxylic acid groups (broad SMARTS) is 1. The molecule has 2 fully saturated rings. The Morgan fingerprint density at radius 3 is 2.49 bits per heavy atom. The molecule has 0 radical (unpaired) electrons. The molecule has 2 atom stereocenters. The maximum absolute atomic E-state index is 13.0. The predicted molar refractivity (Wildman–Crippen MR) is 131 cm³/mol. The number of piperidine rings is 1. The van der Waals surface area contributed by atoms with Gasteiger partial charge in [0.2, 0.25) is 0 Å². The number of hydrogen-bond acceptors (Lipinski definition) is 4. The molecule has 2 aromatic heterocycles. The summed E-state index contributed by atoms with van der Waals surface area (Å²) in [5.74, 6) is -1.42. The van der Waals surface area contributed by atoms with Gasteiger partial charge in [0.25, 0.3) is 11.8 Å². The van der Waals surface area contributed by atoms with Crippen molar-refractivity contribution < 1.29 is 19.5 Å². The van der Waals surface area contributed by atoms with Crippen molar-refractivity contribution in [3.63, 3.8) is 0 Å². The number of likely N-dealkylation sites (tertiary alicyclic amines) is 1. The van der Waals surface area contributed by atoms with E-state index in [1.54, 1.807) is 28.8 Å². The molecule has 1 aliphatic heterocycles. The minimum absolute atomic E-state index is 0.0110. The monoisotopic (exact) mass is 494 g/mol. The van der Waals surface area contributed by atoms with Crippen molar-refractivity contribution in [2.24, 2.45) is 5.92 Å². The van der Waals surface area contributed by atoms with Gasteiger partial charge in [0.05, 0.1) is 23.2 Å². The topological polar surface area (TPSA) is 104 Å². The molecule has 0 unspecified atom stereocenters. The van der Waals surface area contributed by atoms with Gasteiger partial charge >= 0.3 is 5.97 Å². The van der Waals surface area contributed by atoms with E-state index in [4.69, 9.17) is 11.6 Å². The van der Waals surface area contributed by atoms with Gasteiger partial charge in [0, 0.05) is 35.9 Å². The molecule has 8 nitrogen and oxygen atoms in total. The Balaban J connectivity index is 1.27. The van der Waals surface area contributed by atoms with Crippen molar-refractivity contribution in [3.8, 4) is 0 Å². The maximum atomic E-state index is 13.0. The lowest BCUT2D eigenvalue weighted by Crippen LogP contribution is -2.40. The Morgan fingerprint density at radius 1 is 1.03 bits per heavy atom. The third kappa shape index (κ3) is 4.75. The second-order valence-corrected chi connectivity index (χ2v) is 9.81. The van der Waals surface area contributed by atoms with E-state index < -0.39 is 11.9 Å². The molecule has 5 rings (SSSR count). The number of aromatic nitrogens is 2. The molecule has 0 spiro atoms. The van der Waals surface area contributed by atoms with Crippen LogP contribution in [0.4, 0.5) is 0 Å². The van der Waals surface area contributed by atoms with Gasteiger partial charge in [-0.05, 0) is 73.6 Å². The number of carbonyl (C=O) groups excluding carboxylic acids is 2. The molecule has 2 N–H and O–H groups in total. The summed E-state index contributed by atoms with van der Waals surface area (Å²) in [7, 11) is 0. The molecule has 2 aliphatic rings. The molecule has 0 bridgehead atoms. The number of aliphatic carboxylic acids is 1. The largest absolute Gasteiger partial charge is 0.481 e. The van der Waals surface area contributed by atoms with E-state index in [0.29, 0.717) is 47.6 Å². The van der Waals surface area contributed by atoms with Crippen LogP contribution in [0.3, 0.4) is 0 Å². The molecule has 1 aliphatic carbocycles. The first-order chi connectivity index (χ1) is 16.9. The minimum atomic E-state index is -0.865. The fourth-order valence-electron chi connectivity index (χ4n) is 5.29. The number of carboxylic acids is 1. The van der Waals surface area contributed by atoms with E-state index >= 15 is 0 Å². The van der Waals surface area contributed by atoms with Gasteiger partial charge in [-0.2, -0.15) is 5.10 Å². The van der Waals surface area contributed by atoms with E-state index in [1.807, 2.05) is 23.2 Å². The van der Waals surface area contributed by atoms with E-state index in [-0.39, 0.29) is 23.8 Å². The Hall–Kier alpha value is -3.39. The lowest BCUT2D eigenvalue weighted by Gasteiger charge is -2.32. The van der Waals surface area contributed by atoms with Crippen LogP contribution in [0.2, 0.25) is 5.02 Å². The van der Waals surface area contributed by atoms with Gasteiger partial charge in [-0.25, -0.2) is 4.52 Å². The first kappa shape index (κ1) is 23.4. The number of nitrogens with zero attached hydrogens (tertiary/aromatic N) is 3. The predicted octanol–water partition coefficient (Wildman–Crippen LogP) is 3.99. The van der Waals surface area contributed by atoms with Crippen molar-refractivity contribution in [1.82, 2.24) is 19.8 Å². The fourth-order valence-corrected chi connectivity index (χ4v) is 5.42. The zero-order valence-corrected chi connectivity index (χ0v) is 19.9. The number of carbonyl (C=O) groups is 3. The van der Waals surface area contributed by atoms with Crippen LogP contribution in [0.15, 0.2) is 48.8 Å². The van der Waals surface area contributed by atoms with Crippen LogP contribution in [-0.4, -0.2) is 56.5 Å². The second kappa shape index (κ2) is 9.70. The normalized spacial score (nSPS) is 20.8. The smallest absolute Gasteiger partial charge is 0.308 e.